The molecular formula is C17H18F3N5O. The zero-order valence-electron chi connectivity index (χ0n) is 14.0. The minimum Gasteiger partial charge on any atom is -0.338 e. The van der Waals surface area contributed by atoms with Crippen LogP contribution in [-0.2, 0) is 6.18 Å². The number of carbonyl (C=O) groups excluding carboxylic acids is 1. The Balaban J connectivity index is 1.45. The van der Waals surface area contributed by atoms with Gasteiger partial charge in [0.05, 0.1) is 11.8 Å². The SMILES string of the molecule is O=C(c1cnc(C2CC2)nc1)N1CCCC(c2ncc(C(F)(F)F)[nH]2)C1. The molecule has 1 saturated heterocycles. The largest absolute Gasteiger partial charge is 0.432 e. The van der Waals surface area contributed by atoms with Crippen molar-refractivity contribution in [2.24, 2.45) is 0 Å². The van der Waals surface area contributed by atoms with Gasteiger partial charge in [0.2, 0.25) is 0 Å². The van der Waals surface area contributed by atoms with Crippen LogP contribution in [0.25, 0.3) is 0 Å². The second-order valence-corrected chi connectivity index (χ2v) is 6.87. The fourth-order valence-corrected chi connectivity index (χ4v) is 3.26. The minimum atomic E-state index is -4.45. The molecule has 1 N–H and O–H groups in total. The molecule has 2 aromatic rings. The molecule has 1 unspecified atom stereocenters. The molecule has 26 heavy (non-hydrogen) atoms. The zero-order chi connectivity index (χ0) is 18.3. The second kappa shape index (κ2) is 6.37. The van der Waals surface area contributed by atoms with E-state index < -0.39 is 11.9 Å². The number of aromatic amines is 1. The number of piperidine rings is 1. The maximum Gasteiger partial charge on any atom is 0.432 e. The Morgan fingerprint density at radius 3 is 2.42 bits per heavy atom. The Morgan fingerprint density at radius 1 is 1.08 bits per heavy atom. The van der Waals surface area contributed by atoms with Gasteiger partial charge in [0.25, 0.3) is 5.91 Å². The smallest absolute Gasteiger partial charge is 0.338 e. The number of carbonyl (C=O) groups is 1. The number of nitrogens with one attached hydrogen (secondary N) is 1. The Morgan fingerprint density at radius 2 is 1.81 bits per heavy atom. The molecule has 9 heteroatoms. The van der Waals surface area contributed by atoms with Crippen molar-refractivity contribution in [3.63, 3.8) is 0 Å². The molecule has 2 aliphatic rings. The summed E-state index contributed by atoms with van der Waals surface area (Å²) in [6.07, 6.45) is 3.01. The summed E-state index contributed by atoms with van der Waals surface area (Å²) in [5.41, 5.74) is -0.453. The summed E-state index contributed by atoms with van der Waals surface area (Å²) in [4.78, 5) is 29.1. The monoisotopic (exact) mass is 365 g/mol. The fraction of sp³-hybridized carbons (Fsp3) is 0.529. The number of hydrogen-bond acceptors (Lipinski definition) is 4. The number of alkyl halides is 3. The third kappa shape index (κ3) is 3.42. The van der Waals surface area contributed by atoms with Gasteiger partial charge in [-0.05, 0) is 25.7 Å². The lowest BCUT2D eigenvalue weighted by Gasteiger charge is -2.31. The van der Waals surface area contributed by atoms with Crippen molar-refractivity contribution in [2.75, 3.05) is 13.1 Å². The number of rotatable bonds is 3. The molecule has 0 radical (unpaired) electrons. The first-order valence-corrected chi connectivity index (χ1v) is 8.65. The number of imidazole rings is 1. The van der Waals surface area contributed by atoms with E-state index in [1.807, 2.05) is 0 Å². The molecule has 4 rings (SSSR count). The Hall–Kier alpha value is -2.45. The number of halogens is 3. The topological polar surface area (TPSA) is 74.8 Å². The van der Waals surface area contributed by atoms with Gasteiger partial charge in [0.1, 0.15) is 17.3 Å². The van der Waals surface area contributed by atoms with E-state index in [0.29, 0.717) is 37.4 Å². The van der Waals surface area contributed by atoms with Crippen molar-refractivity contribution in [1.82, 2.24) is 24.8 Å². The summed E-state index contributed by atoms with van der Waals surface area (Å²) in [6, 6.07) is 0. The van der Waals surface area contributed by atoms with Gasteiger partial charge in [0.15, 0.2) is 0 Å². The van der Waals surface area contributed by atoms with Crippen LogP contribution >= 0.6 is 0 Å². The molecule has 0 bridgehead atoms. The third-order valence-electron chi connectivity index (χ3n) is 4.86. The van der Waals surface area contributed by atoms with E-state index in [2.05, 4.69) is 19.9 Å². The third-order valence-corrected chi connectivity index (χ3v) is 4.86. The van der Waals surface area contributed by atoms with E-state index in [1.54, 1.807) is 17.3 Å². The highest BCUT2D eigenvalue weighted by Crippen LogP contribution is 2.37. The molecular weight excluding hydrogens is 347 g/mol. The van der Waals surface area contributed by atoms with Crippen LogP contribution in [0.15, 0.2) is 18.6 Å². The van der Waals surface area contributed by atoms with E-state index >= 15 is 0 Å². The predicted molar refractivity (Wildman–Crippen MR) is 85.5 cm³/mol. The van der Waals surface area contributed by atoms with Gasteiger partial charge < -0.3 is 9.88 Å². The summed E-state index contributed by atoms with van der Waals surface area (Å²) in [5, 5.41) is 0. The molecule has 0 spiro atoms. The number of amides is 1. The van der Waals surface area contributed by atoms with E-state index in [-0.39, 0.29) is 17.6 Å². The molecule has 1 atom stereocenters. The molecule has 1 aliphatic heterocycles. The van der Waals surface area contributed by atoms with Crippen LogP contribution in [0.1, 0.15) is 65.2 Å². The lowest BCUT2D eigenvalue weighted by Crippen LogP contribution is -2.39. The first-order valence-electron chi connectivity index (χ1n) is 8.65. The lowest BCUT2D eigenvalue weighted by molar-refractivity contribution is -0.141. The number of hydrogen-bond donors (Lipinski definition) is 1. The summed E-state index contributed by atoms with van der Waals surface area (Å²) in [6.45, 7) is 0.889. The highest BCUT2D eigenvalue weighted by molar-refractivity contribution is 5.93. The second-order valence-electron chi connectivity index (χ2n) is 6.87. The Kier molecular flexibility index (Phi) is 4.16. The van der Waals surface area contributed by atoms with Crippen molar-refractivity contribution in [1.29, 1.82) is 0 Å². The van der Waals surface area contributed by atoms with Crippen molar-refractivity contribution < 1.29 is 18.0 Å². The van der Waals surface area contributed by atoms with Crippen LogP contribution in [0.5, 0.6) is 0 Å². The molecule has 0 aromatic carbocycles. The molecule has 6 nitrogen and oxygen atoms in total. The first-order chi connectivity index (χ1) is 12.4. The molecule has 138 valence electrons. The van der Waals surface area contributed by atoms with Crippen molar-refractivity contribution in [3.8, 4) is 0 Å². The number of likely N-dealkylation sites (tertiary alicyclic amines) is 1. The highest BCUT2D eigenvalue weighted by atomic mass is 19.4. The van der Waals surface area contributed by atoms with Gasteiger partial charge >= 0.3 is 6.18 Å². The van der Waals surface area contributed by atoms with E-state index in [9.17, 15) is 18.0 Å². The molecule has 2 fully saturated rings. The minimum absolute atomic E-state index is 0.195. The highest BCUT2D eigenvalue weighted by Gasteiger charge is 2.35. The zero-order valence-corrected chi connectivity index (χ0v) is 14.0. The average molecular weight is 365 g/mol. The molecule has 1 saturated carbocycles. The molecule has 3 heterocycles. The van der Waals surface area contributed by atoms with Crippen LogP contribution in [0, 0.1) is 0 Å². The Labute approximate surface area is 147 Å². The number of aromatic nitrogens is 4. The van der Waals surface area contributed by atoms with E-state index in [4.69, 9.17) is 0 Å². The van der Waals surface area contributed by atoms with Crippen LogP contribution in [0.2, 0.25) is 0 Å². The van der Waals surface area contributed by atoms with E-state index in [1.165, 1.54) is 0 Å². The molecule has 1 aliphatic carbocycles. The maximum absolute atomic E-state index is 12.7. The number of nitrogens with zero attached hydrogens (tertiary/aromatic N) is 4. The first kappa shape index (κ1) is 17.0. The maximum atomic E-state index is 12.7. The van der Waals surface area contributed by atoms with Gasteiger partial charge in [-0.15, -0.1) is 0 Å². The van der Waals surface area contributed by atoms with Crippen LogP contribution in [-0.4, -0.2) is 43.8 Å². The normalized spacial score (nSPS) is 21.0. The lowest BCUT2D eigenvalue weighted by atomic mass is 9.97. The Bertz CT molecular complexity index is 797. The molecule has 2 aromatic heterocycles. The quantitative estimate of drug-likeness (QED) is 0.907. The number of H-pyrrole nitrogens is 1. The summed E-state index contributed by atoms with van der Waals surface area (Å²) in [5.74, 6) is 1.03. The van der Waals surface area contributed by atoms with Crippen molar-refractivity contribution >= 4 is 5.91 Å². The van der Waals surface area contributed by atoms with Crippen LogP contribution < -0.4 is 0 Å². The van der Waals surface area contributed by atoms with Gasteiger partial charge in [-0.1, -0.05) is 0 Å². The van der Waals surface area contributed by atoms with E-state index in [0.717, 1.165) is 24.9 Å². The summed E-state index contributed by atoms with van der Waals surface area (Å²) in [7, 11) is 0. The molecule has 1 amide bonds. The average Bonchev–Trinajstić information content (AvgIpc) is 3.36. The predicted octanol–water partition coefficient (Wildman–Crippen LogP) is 3.12. The van der Waals surface area contributed by atoms with Gasteiger partial charge in [0, 0.05) is 37.3 Å². The standard InChI is InChI=1S/C17H18F3N5O/c18-17(19,20)13-8-23-15(24-13)11-2-1-5-25(9-11)16(26)12-6-21-14(22-7-12)10-3-4-10/h6-8,10-11H,1-5,9H2,(H,23,24). The summed E-state index contributed by atoms with van der Waals surface area (Å²) < 4.78 is 38.2. The van der Waals surface area contributed by atoms with Gasteiger partial charge in [-0.25, -0.2) is 15.0 Å². The van der Waals surface area contributed by atoms with Gasteiger partial charge in [-0.2, -0.15) is 13.2 Å². The fourth-order valence-electron chi connectivity index (χ4n) is 3.26. The van der Waals surface area contributed by atoms with Crippen molar-refractivity contribution in [3.05, 3.63) is 41.5 Å². The van der Waals surface area contributed by atoms with Crippen LogP contribution in [0.4, 0.5) is 13.2 Å². The van der Waals surface area contributed by atoms with Crippen LogP contribution in [0.3, 0.4) is 0 Å². The summed E-state index contributed by atoms with van der Waals surface area (Å²) >= 11 is 0. The van der Waals surface area contributed by atoms with Gasteiger partial charge in [-0.3, -0.25) is 4.79 Å². The van der Waals surface area contributed by atoms with Crippen molar-refractivity contribution in [2.45, 2.75) is 43.7 Å².